The fourth-order valence-electron chi connectivity index (χ4n) is 2.23. The first-order chi connectivity index (χ1) is 11.5. The topological polar surface area (TPSA) is 109 Å². The van der Waals surface area contributed by atoms with Crippen molar-refractivity contribution in [1.82, 2.24) is 25.1 Å². The summed E-state index contributed by atoms with van der Waals surface area (Å²) in [6.07, 6.45) is 2.37. The van der Waals surface area contributed by atoms with E-state index in [0.717, 1.165) is 17.7 Å². The summed E-state index contributed by atoms with van der Waals surface area (Å²) in [7, 11) is 0. The van der Waals surface area contributed by atoms with Crippen LogP contribution in [0.2, 0.25) is 0 Å². The number of nitrogen functional groups attached to an aromatic ring is 1. The SMILES string of the molecule is Cc1occc1-c1nnc(SC(C)c2nnc(CC(C)C)o2)n1N. The Hall–Kier alpha value is -2.29. The minimum atomic E-state index is -0.0804. The van der Waals surface area contributed by atoms with Crippen LogP contribution in [0.3, 0.4) is 0 Å². The molecule has 128 valence electrons. The van der Waals surface area contributed by atoms with Crippen LogP contribution >= 0.6 is 11.8 Å². The maximum atomic E-state index is 6.12. The Kier molecular flexibility index (Phi) is 4.61. The molecular weight excluding hydrogens is 328 g/mol. The van der Waals surface area contributed by atoms with E-state index in [1.807, 2.05) is 19.9 Å². The summed E-state index contributed by atoms with van der Waals surface area (Å²) in [4.78, 5) is 0. The lowest BCUT2D eigenvalue weighted by Gasteiger charge is -2.06. The molecule has 3 aromatic rings. The zero-order chi connectivity index (χ0) is 17.3. The predicted octanol–water partition coefficient (Wildman–Crippen LogP) is 3.00. The van der Waals surface area contributed by atoms with E-state index >= 15 is 0 Å². The van der Waals surface area contributed by atoms with Crippen molar-refractivity contribution in [3.05, 3.63) is 29.9 Å². The van der Waals surface area contributed by atoms with E-state index in [9.17, 15) is 0 Å². The molecule has 0 saturated carbocycles. The fourth-order valence-corrected chi connectivity index (χ4v) is 3.03. The van der Waals surface area contributed by atoms with Crippen LogP contribution in [0, 0.1) is 12.8 Å². The highest BCUT2D eigenvalue weighted by Gasteiger charge is 2.21. The van der Waals surface area contributed by atoms with Gasteiger partial charge in [0.1, 0.15) is 5.76 Å². The Balaban J connectivity index is 1.75. The Bertz CT molecular complexity index is 822. The number of hydrogen-bond donors (Lipinski definition) is 1. The average Bonchev–Trinajstić information content (AvgIpc) is 3.21. The number of hydrogen-bond acceptors (Lipinski definition) is 8. The maximum Gasteiger partial charge on any atom is 0.229 e. The van der Waals surface area contributed by atoms with Gasteiger partial charge in [-0.25, -0.2) is 4.68 Å². The second-order valence-electron chi connectivity index (χ2n) is 5.96. The summed E-state index contributed by atoms with van der Waals surface area (Å²) in [5.74, 6) is 9.10. The quantitative estimate of drug-likeness (QED) is 0.535. The molecule has 1 atom stereocenters. The van der Waals surface area contributed by atoms with Crippen molar-refractivity contribution in [1.29, 1.82) is 0 Å². The van der Waals surface area contributed by atoms with Gasteiger partial charge in [0, 0.05) is 6.42 Å². The van der Waals surface area contributed by atoms with Crippen molar-refractivity contribution in [2.24, 2.45) is 5.92 Å². The summed E-state index contributed by atoms with van der Waals surface area (Å²) in [5, 5.41) is 17.0. The van der Waals surface area contributed by atoms with Crippen molar-refractivity contribution < 1.29 is 8.83 Å². The zero-order valence-electron chi connectivity index (χ0n) is 14.1. The van der Waals surface area contributed by atoms with Crippen LogP contribution in [-0.4, -0.2) is 25.1 Å². The summed E-state index contributed by atoms with van der Waals surface area (Å²) in [6.45, 7) is 8.04. The highest BCUT2D eigenvalue weighted by Crippen LogP contribution is 2.34. The van der Waals surface area contributed by atoms with Crippen LogP contribution in [-0.2, 0) is 6.42 Å². The smallest absolute Gasteiger partial charge is 0.229 e. The van der Waals surface area contributed by atoms with E-state index in [0.29, 0.717) is 28.7 Å². The van der Waals surface area contributed by atoms with Gasteiger partial charge in [-0.05, 0) is 25.8 Å². The number of aryl methyl sites for hydroxylation is 1. The first kappa shape index (κ1) is 16.6. The first-order valence-corrected chi connectivity index (χ1v) is 8.57. The van der Waals surface area contributed by atoms with E-state index in [1.165, 1.54) is 16.4 Å². The maximum absolute atomic E-state index is 6.12. The Morgan fingerprint density at radius 2 is 2.00 bits per heavy atom. The molecule has 0 spiro atoms. The third-order valence-electron chi connectivity index (χ3n) is 3.46. The van der Waals surface area contributed by atoms with Gasteiger partial charge >= 0.3 is 0 Å². The Morgan fingerprint density at radius 3 is 2.67 bits per heavy atom. The van der Waals surface area contributed by atoms with Crippen molar-refractivity contribution >= 4 is 11.8 Å². The lowest BCUT2D eigenvalue weighted by molar-refractivity contribution is 0.426. The molecule has 0 amide bonds. The van der Waals surface area contributed by atoms with Crippen molar-refractivity contribution in [2.45, 2.75) is 44.5 Å². The van der Waals surface area contributed by atoms with Crippen LogP contribution in [0.5, 0.6) is 0 Å². The van der Waals surface area contributed by atoms with Gasteiger partial charge in [-0.1, -0.05) is 25.6 Å². The fraction of sp³-hybridized carbons (Fsp3) is 0.467. The van der Waals surface area contributed by atoms with Crippen molar-refractivity contribution in [2.75, 3.05) is 5.84 Å². The standard InChI is InChI=1S/C15H20N6O2S/c1-8(2)7-12-17-19-14(23-12)10(4)24-15-20-18-13(21(15)16)11-5-6-22-9(11)3/h5-6,8,10H,7,16H2,1-4H3. The second kappa shape index (κ2) is 6.68. The van der Waals surface area contributed by atoms with Crippen LogP contribution in [0.4, 0.5) is 0 Å². The number of rotatable bonds is 6. The van der Waals surface area contributed by atoms with E-state index in [1.54, 1.807) is 6.26 Å². The van der Waals surface area contributed by atoms with Gasteiger partial charge in [0.05, 0.1) is 17.1 Å². The molecule has 0 bridgehead atoms. The number of furan rings is 1. The van der Waals surface area contributed by atoms with Crippen molar-refractivity contribution in [3.8, 4) is 11.4 Å². The normalized spacial score (nSPS) is 12.9. The number of nitrogens with two attached hydrogens (primary N) is 1. The molecule has 0 aromatic carbocycles. The molecule has 2 N–H and O–H groups in total. The highest BCUT2D eigenvalue weighted by atomic mass is 32.2. The molecule has 0 aliphatic rings. The van der Waals surface area contributed by atoms with Gasteiger partial charge < -0.3 is 14.7 Å². The van der Waals surface area contributed by atoms with Gasteiger partial charge in [0.15, 0.2) is 5.82 Å². The van der Waals surface area contributed by atoms with Crippen LogP contribution in [0.1, 0.15) is 43.6 Å². The summed E-state index contributed by atoms with van der Waals surface area (Å²) >= 11 is 1.42. The average molecular weight is 348 g/mol. The Labute approximate surface area is 143 Å². The summed E-state index contributed by atoms with van der Waals surface area (Å²) < 4.78 is 12.5. The Morgan fingerprint density at radius 1 is 1.21 bits per heavy atom. The second-order valence-corrected chi connectivity index (χ2v) is 7.27. The largest absolute Gasteiger partial charge is 0.469 e. The van der Waals surface area contributed by atoms with Gasteiger partial charge in [-0.15, -0.1) is 20.4 Å². The molecule has 0 radical (unpaired) electrons. The highest BCUT2D eigenvalue weighted by molar-refractivity contribution is 7.99. The number of aromatic nitrogens is 5. The molecule has 3 rings (SSSR count). The number of thioether (sulfide) groups is 1. The van der Waals surface area contributed by atoms with E-state index < -0.39 is 0 Å². The third-order valence-corrected chi connectivity index (χ3v) is 4.50. The van der Waals surface area contributed by atoms with E-state index in [4.69, 9.17) is 14.7 Å². The summed E-state index contributed by atoms with van der Waals surface area (Å²) in [5.41, 5.74) is 0.821. The lowest BCUT2D eigenvalue weighted by atomic mass is 10.1. The van der Waals surface area contributed by atoms with Gasteiger partial charge in [-0.3, -0.25) is 0 Å². The van der Waals surface area contributed by atoms with Crippen molar-refractivity contribution in [3.63, 3.8) is 0 Å². The van der Waals surface area contributed by atoms with Gasteiger partial charge in [0.25, 0.3) is 0 Å². The monoisotopic (exact) mass is 348 g/mol. The van der Waals surface area contributed by atoms with Gasteiger partial charge in [0.2, 0.25) is 16.9 Å². The van der Waals surface area contributed by atoms with Crippen LogP contribution < -0.4 is 5.84 Å². The zero-order valence-corrected chi connectivity index (χ0v) is 14.9. The first-order valence-electron chi connectivity index (χ1n) is 7.69. The molecule has 24 heavy (non-hydrogen) atoms. The predicted molar refractivity (Wildman–Crippen MR) is 89.7 cm³/mol. The molecule has 3 aromatic heterocycles. The van der Waals surface area contributed by atoms with Crippen LogP contribution in [0.25, 0.3) is 11.4 Å². The molecule has 0 fully saturated rings. The molecule has 3 heterocycles. The molecule has 0 aliphatic heterocycles. The van der Waals surface area contributed by atoms with Gasteiger partial charge in [-0.2, -0.15) is 0 Å². The lowest BCUT2D eigenvalue weighted by Crippen LogP contribution is -2.12. The minimum Gasteiger partial charge on any atom is -0.469 e. The number of nitrogens with zero attached hydrogens (tertiary/aromatic N) is 5. The molecule has 0 aliphatic carbocycles. The molecule has 1 unspecified atom stereocenters. The molecular formula is C15H20N6O2S. The van der Waals surface area contributed by atoms with E-state index in [2.05, 4.69) is 34.2 Å². The minimum absolute atomic E-state index is 0.0804. The molecule has 0 saturated heterocycles. The van der Waals surface area contributed by atoms with Crippen LogP contribution in [0.15, 0.2) is 26.3 Å². The third kappa shape index (κ3) is 3.30. The van der Waals surface area contributed by atoms with E-state index in [-0.39, 0.29) is 5.25 Å². The molecule has 8 nitrogen and oxygen atoms in total. The molecule has 9 heteroatoms. The summed E-state index contributed by atoms with van der Waals surface area (Å²) in [6, 6.07) is 1.82.